The van der Waals surface area contributed by atoms with Gasteiger partial charge in [0.2, 0.25) is 0 Å². The van der Waals surface area contributed by atoms with E-state index in [9.17, 15) is 0 Å². The lowest BCUT2D eigenvalue weighted by Crippen LogP contribution is -1.91. The number of halogens is 1. The molecule has 0 saturated carbocycles. The molecule has 0 spiro atoms. The van der Waals surface area contributed by atoms with Crippen molar-refractivity contribution >= 4 is 62.3 Å². The van der Waals surface area contributed by atoms with E-state index in [1.165, 1.54) is 0 Å². The molecule has 48 heavy (non-hydrogen) atoms. The van der Waals surface area contributed by atoms with Gasteiger partial charge in [-0.2, -0.15) is 0 Å². The Labute approximate surface area is 283 Å². The Morgan fingerprint density at radius 1 is 0.604 bits per heavy atom. The highest BCUT2D eigenvalue weighted by Gasteiger charge is 2.15. The molecule has 0 aliphatic heterocycles. The van der Waals surface area contributed by atoms with Gasteiger partial charge >= 0.3 is 0 Å². The number of rotatable bonds is 6. The van der Waals surface area contributed by atoms with Crippen molar-refractivity contribution in [1.82, 2.24) is 15.0 Å². The lowest BCUT2D eigenvalue weighted by Gasteiger charge is -2.15. The molecule has 4 nitrogen and oxygen atoms in total. The van der Waals surface area contributed by atoms with E-state index in [1.807, 2.05) is 49.8 Å². The van der Waals surface area contributed by atoms with Crippen LogP contribution in [0.1, 0.15) is 12.5 Å². The van der Waals surface area contributed by atoms with Gasteiger partial charge in [-0.25, -0.2) is 0 Å². The first-order chi connectivity index (χ1) is 23.6. The number of hydrogen-bond donors (Lipinski definition) is 0. The van der Waals surface area contributed by atoms with Gasteiger partial charge in [-0.3, -0.25) is 19.9 Å². The Hall–Kier alpha value is -5.97. The van der Waals surface area contributed by atoms with Crippen molar-refractivity contribution in [2.45, 2.75) is 6.92 Å². The molecule has 5 heteroatoms. The molecule has 0 N–H and O–H groups in total. The predicted octanol–water partition coefficient (Wildman–Crippen LogP) is 12.0. The zero-order chi connectivity index (χ0) is 32.6. The summed E-state index contributed by atoms with van der Waals surface area (Å²) in [5, 5.41) is 3.73. The Morgan fingerprint density at radius 2 is 1.19 bits per heavy atom. The third kappa shape index (κ3) is 5.23. The van der Waals surface area contributed by atoms with Crippen molar-refractivity contribution in [3.8, 4) is 44.5 Å². The van der Waals surface area contributed by atoms with Crippen LogP contribution < -0.4 is 0 Å². The maximum absolute atomic E-state index is 6.89. The highest BCUT2D eigenvalue weighted by Crippen LogP contribution is 2.41. The van der Waals surface area contributed by atoms with Crippen molar-refractivity contribution in [1.29, 1.82) is 0 Å². The summed E-state index contributed by atoms with van der Waals surface area (Å²) < 4.78 is 0. The minimum Gasteiger partial charge on any atom is -0.260 e. The van der Waals surface area contributed by atoms with Gasteiger partial charge in [-0.05, 0) is 106 Å². The van der Waals surface area contributed by atoms with E-state index in [0.29, 0.717) is 5.02 Å². The van der Waals surface area contributed by atoms with E-state index in [0.717, 1.165) is 88.5 Å². The maximum Gasteiger partial charge on any atom is 0.0811 e. The number of hydrogen-bond acceptors (Lipinski definition) is 4. The summed E-state index contributed by atoms with van der Waals surface area (Å²) in [6.07, 6.45) is 9.15. The van der Waals surface area contributed by atoms with E-state index in [4.69, 9.17) is 21.6 Å². The first-order valence-electron chi connectivity index (χ1n) is 15.8. The number of benzene rings is 5. The highest BCUT2D eigenvalue weighted by atomic mass is 35.5. The highest BCUT2D eigenvalue weighted by molar-refractivity contribution is 6.31. The summed E-state index contributed by atoms with van der Waals surface area (Å²) in [6.45, 7) is 5.86. The van der Waals surface area contributed by atoms with Crippen LogP contribution in [0.15, 0.2) is 145 Å². The van der Waals surface area contributed by atoms with Gasteiger partial charge in [-0.15, -0.1) is 0 Å². The molecule has 0 amide bonds. The van der Waals surface area contributed by atoms with Crippen molar-refractivity contribution in [2.24, 2.45) is 4.99 Å². The van der Waals surface area contributed by atoms with Crippen LogP contribution in [0.5, 0.6) is 0 Å². The molecule has 0 aliphatic carbocycles. The molecule has 0 aliphatic rings. The van der Waals surface area contributed by atoms with Crippen LogP contribution in [-0.2, 0) is 0 Å². The molecule has 3 heterocycles. The van der Waals surface area contributed by atoms with Crippen molar-refractivity contribution in [3.05, 3.63) is 151 Å². The number of aliphatic imine (C=N–C) groups is 1. The average molecular weight is 637 g/mol. The smallest absolute Gasteiger partial charge is 0.0811 e. The lowest BCUT2D eigenvalue weighted by atomic mass is 9.90. The van der Waals surface area contributed by atoms with Gasteiger partial charge < -0.3 is 0 Å². The summed E-state index contributed by atoms with van der Waals surface area (Å²) in [5.41, 5.74) is 13.1. The first-order valence-corrected chi connectivity index (χ1v) is 16.2. The zero-order valence-electron chi connectivity index (χ0n) is 26.2. The molecule has 8 rings (SSSR count). The van der Waals surface area contributed by atoms with Gasteiger partial charge in [0.15, 0.2) is 0 Å². The normalized spacial score (nSPS) is 11.5. The monoisotopic (exact) mass is 636 g/mol. The van der Waals surface area contributed by atoms with Crippen molar-refractivity contribution in [3.63, 3.8) is 0 Å². The quantitative estimate of drug-likeness (QED) is 0.135. The maximum atomic E-state index is 6.89. The minimum absolute atomic E-state index is 0.670. The van der Waals surface area contributed by atoms with Crippen LogP contribution >= 0.6 is 11.6 Å². The van der Waals surface area contributed by atoms with Crippen LogP contribution in [0.3, 0.4) is 0 Å². The molecule has 5 aromatic carbocycles. The van der Waals surface area contributed by atoms with Crippen LogP contribution in [0.4, 0.5) is 5.69 Å². The Morgan fingerprint density at radius 3 is 1.81 bits per heavy atom. The Bertz CT molecular complexity index is 2570. The van der Waals surface area contributed by atoms with Gasteiger partial charge in [0, 0.05) is 51.5 Å². The predicted molar refractivity (Wildman–Crippen MR) is 203 cm³/mol. The van der Waals surface area contributed by atoms with E-state index in [2.05, 4.69) is 108 Å². The Kier molecular flexibility index (Phi) is 7.56. The standard InChI is InChI=1S/C43H29ClN4/c1-3-27-25-47-40-23-28(15-17-38(40)42(27)45-4-2)34-11-5-7-13-36(34)31-20-32(22-33(44)21-31)37-14-8-6-12-35(37)29-16-18-39-41(24-29)48-26-30-10-9-19-46-43(30)39/h3-26H,1H2,2H3. The molecule has 8 aromatic rings. The molecule has 0 fully saturated rings. The molecule has 0 unspecified atom stereocenters. The summed E-state index contributed by atoms with van der Waals surface area (Å²) in [6, 6.07) is 39.9. The molecule has 3 aromatic heterocycles. The molecule has 228 valence electrons. The van der Waals surface area contributed by atoms with Crippen LogP contribution in [-0.4, -0.2) is 21.2 Å². The zero-order valence-corrected chi connectivity index (χ0v) is 27.0. The fraction of sp³-hybridized carbons (Fsp3) is 0.0233. The molecular weight excluding hydrogens is 608 g/mol. The lowest BCUT2D eigenvalue weighted by molar-refractivity contribution is 1.38. The summed E-state index contributed by atoms with van der Waals surface area (Å²) >= 11 is 6.89. The summed E-state index contributed by atoms with van der Waals surface area (Å²) in [7, 11) is 0. The number of aromatic nitrogens is 3. The number of pyridine rings is 3. The fourth-order valence-electron chi connectivity index (χ4n) is 6.55. The second-order valence-corrected chi connectivity index (χ2v) is 12.1. The topological polar surface area (TPSA) is 51.0 Å². The van der Waals surface area contributed by atoms with Gasteiger partial charge in [0.05, 0.1) is 22.2 Å². The molecule has 0 radical (unpaired) electrons. The van der Waals surface area contributed by atoms with E-state index < -0.39 is 0 Å². The molecular formula is C43H29ClN4. The second-order valence-electron chi connectivity index (χ2n) is 11.6. The van der Waals surface area contributed by atoms with Crippen LogP contribution in [0, 0.1) is 0 Å². The van der Waals surface area contributed by atoms with Crippen molar-refractivity contribution in [2.75, 3.05) is 0 Å². The summed E-state index contributed by atoms with van der Waals surface area (Å²) in [4.78, 5) is 18.8. The minimum atomic E-state index is 0.670. The van der Waals surface area contributed by atoms with Gasteiger partial charge in [-0.1, -0.05) is 84.9 Å². The Balaban J connectivity index is 1.23. The third-order valence-corrected chi connectivity index (χ3v) is 9.00. The van der Waals surface area contributed by atoms with Gasteiger partial charge in [0.1, 0.15) is 0 Å². The largest absolute Gasteiger partial charge is 0.260 e. The van der Waals surface area contributed by atoms with Crippen molar-refractivity contribution < 1.29 is 0 Å². The number of nitrogens with zero attached hydrogens (tertiary/aromatic N) is 4. The molecule has 0 atom stereocenters. The summed E-state index contributed by atoms with van der Waals surface area (Å²) in [5.74, 6) is 0. The van der Waals surface area contributed by atoms with E-state index in [1.54, 1.807) is 12.3 Å². The number of fused-ring (bicyclic) bond motifs is 4. The average Bonchev–Trinajstić information content (AvgIpc) is 3.14. The SMILES string of the molecule is C=Cc1cnc2cc(-c3ccccc3-c3cc(Cl)cc(-c4ccccc4-c4ccc5c(c4)ncc4cccnc45)c3)ccc2c1N=CC. The second kappa shape index (κ2) is 12.3. The third-order valence-electron chi connectivity index (χ3n) is 8.78. The van der Waals surface area contributed by atoms with Gasteiger partial charge in [0.25, 0.3) is 0 Å². The molecule has 0 bridgehead atoms. The van der Waals surface area contributed by atoms with E-state index in [-0.39, 0.29) is 0 Å². The van der Waals surface area contributed by atoms with E-state index >= 15 is 0 Å². The van der Waals surface area contributed by atoms with Crippen LogP contribution in [0.2, 0.25) is 5.02 Å². The van der Waals surface area contributed by atoms with Crippen LogP contribution in [0.25, 0.3) is 83.3 Å². The molecule has 0 saturated heterocycles. The first kappa shape index (κ1) is 29.4. The fourth-order valence-corrected chi connectivity index (χ4v) is 6.79.